The van der Waals surface area contributed by atoms with E-state index in [1.54, 1.807) is 0 Å². The van der Waals surface area contributed by atoms with E-state index < -0.39 is 33.7 Å². The van der Waals surface area contributed by atoms with E-state index >= 15 is 0 Å². The first-order valence-corrected chi connectivity index (χ1v) is 6.59. The third kappa shape index (κ3) is 4.60. The molecule has 0 aliphatic carbocycles. The van der Waals surface area contributed by atoms with Gasteiger partial charge in [0.15, 0.2) is 0 Å². The molecule has 0 saturated heterocycles. The lowest BCUT2D eigenvalue weighted by atomic mass is 10.1. The molecule has 0 spiro atoms. The predicted molar refractivity (Wildman–Crippen MR) is 55.3 cm³/mol. The summed E-state index contributed by atoms with van der Waals surface area (Å²) in [5.74, 6) is -3.97. The van der Waals surface area contributed by atoms with Crippen molar-refractivity contribution in [3.8, 4) is 0 Å². The SMILES string of the molecule is O=S(=O)([O-])CC(c1cccc(Br)n1)C(F)(F)F. The smallest absolute Gasteiger partial charge is 0.398 e. The average Bonchev–Trinajstić information content (AvgIpc) is 2.11. The van der Waals surface area contributed by atoms with Crippen molar-refractivity contribution in [2.24, 2.45) is 0 Å². The van der Waals surface area contributed by atoms with Crippen molar-refractivity contribution in [2.45, 2.75) is 12.1 Å². The highest BCUT2D eigenvalue weighted by molar-refractivity contribution is 9.10. The fourth-order valence-corrected chi connectivity index (χ4v) is 2.30. The Morgan fingerprint density at radius 2 is 2.00 bits per heavy atom. The summed E-state index contributed by atoms with van der Waals surface area (Å²) in [6.45, 7) is 0. The van der Waals surface area contributed by atoms with E-state index in [2.05, 4.69) is 20.9 Å². The van der Waals surface area contributed by atoms with Gasteiger partial charge in [0.25, 0.3) is 0 Å². The molecular weight excluding hydrogens is 327 g/mol. The van der Waals surface area contributed by atoms with Crippen molar-refractivity contribution < 1.29 is 26.1 Å². The molecule has 1 heterocycles. The molecule has 0 aliphatic rings. The van der Waals surface area contributed by atoms with Gasteiger partial charge in [0, 0.05) is 0 Å². The number of halogens is 4. The molecule has 0 fully saturated rings. The lowest BCUT2D eigenvalue weighted by Crippen LogP contribution is -2.28. The van der Waals surface area contributed by atoms with Crippen LogP contribution in [0.2, 0.25) is 0 Å². The molecule has 1 atom stereocenters. The number of hydrogen-bond donors (Lipinski definition) is 0. The Balaban J connectivity index is 3.16. The first-order valence-electron chi connectivity index (χ1n) is 4.22. The second-order valence-corrected chi connectivity index (χ2v) is 5.46. The Labute approximate surface area is 104 Å². The fourth-order valence-electron chi connectivity index (χ4n) is 1.17. The zero-order valence-electron chi connectivity index (χ0n) is 8.11. The van der Waals surface area contributed by atoms with Gasteiger partial charge in [0.1, 0.15) is 10.5 Å². The van der Waals surface area contributed by atoms with Gasteiger partial charge in [-0.15, -0.1) is 0 Å². The van der Waals surface area contributed by atoms with Crippen molar-refractivity contribution in [1.29, 1.82) is 0 Å². The molecule has 0 radical (unpaired) electrons. The van der Waals surface area contributed by atoms with Gasteiger partial charge in [-0.25, -0.2) is 13.4 Å². The number of nitrogens with zero attached hydrogens (tertiary/aromatic N) is 1. The zero-order chi connectivity index (χ0) is 13.3. The normalized spacial score (nSPS) is 14.6. The van der Waals surface area contributed by atoms with Crippen LogP contribution in [-0.4, -0.2) is 29.9 Å². The van der Waals surface area contributed by atoms with Gasteiger partial charge < -0.3 is 4.55 Å². The average molecular weight is 333 g/mol. The zero-order valence-corrected chi connectivity index (χ0v) is 10.5. The minimum Gasteiger partial charge on any atom is -0.748 e. The summed E-state index contributed by atoms with van der Waals surface area (Å²) < 4.78 is 69.3. The highest BCUT2D eigenvalue weighted by Gasteiger charge is 2.42. The van der Waals surface area contributed by atoms with Crippen LogP contribution in [0.5, 0.6) is 0 Å². The molecule has 1 unspecified atom stereocenters. The molecule has 0 aromatic carbocycles. The summed E-state index contributed by atoms with van der Waals surface area (Å²) in [5, 5.41) is 0. The first kappa shape index (κ1) is 14.4. The van der Waals surface area contributed by atoms with Gasteiger partial charge in [0.05, 0.1) is 21.6 Å². The molecule has 0 aliphatic heterocycles. The van der Waals surface area contributed by atoms with E-state index in [9.17, 15) is 26.1 Å². The maximum absolute atomic E-state index is 12.6. The molecule has 9 heteroatoms. The number of hydrogen-bond acceptors (Lipinski definition) is 4. The minimum absolute atomic E-state index is 0.132. The summed E-state index contributed by atoms with van der Waals surface area (Å²) in [6, 6.07) is 3.69. The molecule has 0 saturated carbocycles. The number of aromatic nitrogens is 1. The van der Waals surface area contributed by atoms with E-state index in [0.717, 1.165) is 6.07 Å². The molecule has 1 aromatic heterocycles. The maximum Gasteiger partial charge on any atom is 0.398 e. The molecule has 1 rings (SSSR count). The monoisotopic (exact) mass is 332 g/mol. The molecule has 4 nitrogen and oxygen atoms in total. The Morgan fingerprint density at radius 1 is 1.41 bits per heavy atom. The summed E-state index contributed by atoms with van der Waals surface area (Å²) in [7, 11) is -4.99. The topological polar surface area (TPSA) is 70.1 Å². The molecule has 1 aromatic rings. The first-order chi connectivity index (χ1) is 7.59. The lowest BCUT2D eigenvalue weighted by molar-refractivity contribution is -0.146. The van der Waals surface area contributed by atoms with Crippen LogP contribution < -0.4 is 0 Å². The fraction of sp³-hybridized carbons (Fsp3) is 0.375. The quantitative estimate of drug-likeness (QED) is 0.627. The third-order valence-electron chi connectivity index (χ3n) is 1.86. The van der Waals surface area contributed by atoms with Crippen LogP contribution in [0.1, 0.15) is 11.6 Å². The number of alkyl halides is 3. The molecule has 0 bridgehead atoms. The second-order valence-electron chi connectivity index (χ2n) is 3.20. The summed E-state index contributed by atoms with van der Waals surface area (Å²) in [4.78, 5) is 3.52. The Morgan fingerprint density at radius 3 is 2.41 bits per heavy atom. The van der Waals surface area contributed by atoms with E-state index in [1.807, 2.05) is 0 Å². The van der Waals surface area contributed by atoms with Crippen LogP contribution in [0, 0.1) is 0 Å². The van der Waals surface area contributed by atoms with Crippen LogP contribution in [0.15, 0.2) is 22.8 Å². The Bertz CT molecular complexity index is 503. The third-order valence-corrected chi connectivity index (χ3v) is 3.04. The highest BCUT2D eigenvalue weighted by atomic mass is 79.9. The van der Waals surface area contributed by atoms with E-state index in [1.165, 1.54) is 12.1 Å². The van der Waals surface area contributed by atoms with Crippen LogP contribution >= 0.6 is 15.9 Å². The van der Waals surface area contributed by atoms with Crippen molar-refractivity contribution in [2.75, 3.05) is 5.75 Å². The van der Waals surface area contributed by atoms with E-state index in [-0.39, 0.29) is 4.60 Å². The van der Waals surface area contributed by atoms with Crippen LogP contribution in [0.4, 0.5) is 13.2 Å². The number of pyridine rings is 1. The van der Waals surface area contributed by atoms with Crippen molar-refractivity contribution >= 4 is 26.0 Å². The van der Waals surface area contributed by atoms with Gasteiger partial charge in [-0.1, -0.05) is 6.07 Å². The largest absolute Gasteiger partial charge is 0.748 e. The standard InChI is InChI=1S/C8H7BrF3NO3S/c9-7-3-1-2-6(13-7)5(8(10,11)12)4-17(14,15)16/h1-3,5H,4H2,(H,14,15,16)/p-1. The van der Waals surface area contributed by atoms with Crippen LogP contribution in [-0.2, 0) is 10.1 Å². The van der Waals surface area contributed by atoms with Gasteiger partial charge >= 0.3 is 6.18 Å². The van der Waals surface area contributed by atoms with Gasteiger partial charge in [0.2, 0.25) is 0 Å². The summed E-state index contributed by atoms with van der Waals surface area (Å²) in [5.41, 5.74) is -0.508. The molecule has 0 N–H and O–H groups in total. The molecular formula is C8H6BrF3NO3S-. The van der Waals surface area contributed by atoms with Gasteiger partial charge in [-0.3, -0.25) is 0 Å². The lowest BCUT2D eigenvalue weighted by Gasteiger charge is -2.21. The minimum atomic E-state index is -4.99. The highest BCUT2D eigenvalue weighted by Crippen LogP contribution is 2.35. The summed E-state index contributed by atoms with van der Waals surface area (Å²) in [6.07, 6.45) is -4.84. The predicted octanol–water partition coefficient (Wildman–Crippen LogP) is 2.04. The van der Waals surface area contributed by atoms with Crippen molar-refractivity contribution in [3.05, 3.63) is 28.5 Å². The van der Waals surface area contributed by atoms with Crippen LogP contribution in [0.25, 0.3) is 0 Å². The Kier molecular flexibility index (Phi) is 4.15. The molecule has 17 heavy (non-hydrogen) atoms. The summed E-state index contributed by atoms with van der Waals surface area (Å²) >= 11 is 2.87. The van der Waals surface area contributed by atoms with E-state index in [4.69, 9.17) is 0 Å². The van der Waals surface area contributed by atoms with Crippen molar-refractivity contribution in [3.63, 3.8) is 0 Å². The van der Waals surface area contributed by atoms with Gasteiger partial charge in [-0.05, 0) is 28.1 Å². The van der Waals surface area contributed by atoms with E-state index in [0.29, 0.717) is 0 Å². The maximum atomic E-state index is 12.6. The van der Waals surface area contributed by atoms with Crippen molar-refractivity contribution in [1.82, 2.24) is 4.98 Å². The number of rotatable bonds is 3. The second kappa shape index (κ2) is 4.91. The van der Waals surface area contributed by atoms with Gasteiger partial charge in [-0.2, -0.15) is 13.2 Å². The molecule has 0 amide bonds. The molecule has 96 valence electrons. The Hall–Kier alpha value is -0.670. The van der Waals surface area contributed by atoms with Crippen LogP contribution in [0.3, 0.4) is 0 Å².